The van der Waals surface area contributed by atoms with Crippen LogP contribution in [0.2, 0.25) is 0 Å². The molecule has 0 atom stereocenters. The molecule has 1 N–H and O–H groups in total. The molecule has 0 saturated heterocycles. The molecule has 4 heteroatoms. The number of halogens is 1. The molecule has 0 aromatic heterocycles. The second-order valence-corrected chi connectivity index (χ2v) is 5.13. The second kappa shape index (κ2) is 4.57. The van der Waals surface area contributed by atoms with E-state index in [-0.39, 0.29) is 17.4 Å². The Labute approximate surface area is 106 Å². The van der Waals surface area contributed by atoms with Crippen molar-refractivity contribution in [1.82, 2.24) is 0 Å². The van der Waals surface area contributed by atoms with Crippen LogP contribution >= 0.6 is 11.6 Å². The minimum absolute atomic E-state index is 0.0272. The predicted octanol–water partition coefficient (Wildman–Crippen LogP) is 2.97. The first-order chi connectivity index (χ1) is 8.00. The van der Waals surface area contributed by atoms with Crippen molar-refractivity contribution in [2.24, 2.45) is 0 Å². The summed E-state index contributed by atoms with van der Waals surface area (Å²) in [6, 6.07) is 5.69. The molecule has 0 fully saturated rings. The van der Waals surface area contributed by atoms with E-state index in [1.54, 1.807) is 0 Å². The summed E-state index contributed by atoms with van der Waals surface area (Å²) in [5, 5.41) is 2.74. The molecule has 0 aliphatic carbocycles. The number of carbonyl (C=O) groups excluding carboxylic acids is 1. The number of fused-ring (bicyclic) bond motifs is 1. The number of rotatable bonds is 2. The summed E-state index contributed by atoms with van der Waals surface area (Å²) in [6.07, 6.45) is 1.94. The number of amides is 1. The van der Waals surface area contributed by atoms with Crippen molar-refractivity contribution < 1.29 is 9.53 Å². The van der Waals surface area contributed by atoms with E-state index in [0.717, 1.165) is 29.8 Å². The summed E-state index contributed by atoms with van der Waals surface area (Å²) in [5.74, 6) is 0.689. The van der Waals surface area contributed by atoms with Gasteiger partial charge in [0.1, 0.15) is 17.2 Å². The van der Waals surface area contributed by atoms with Crippen molar-refractivity contribution in [2.75, 3.05) is 11.2 Å². The van der Waals surface area contributed by atoms with Crippen LogP contribution in [-0.2, 0) is 11.2 Å². The Morgan fingerprint density at radius 3 is 3.00 bits per heavy atom. The molecule has 0 bridgehead atoms. The topological polar surface area (TPSA) is 38.3 Å². The molecular formula is C13H16ClNO2. The number of hydrogen-bond donors (Lipinski definition) is 1. The largest absolute Gasteiger partial charge is 0.488 e. The van der Waals surface area contributed by atoms with E-state index in [1.807, 2.05) is 18.2 Å². The van der Waals surface area contributed by atoms with Crippen molar-refractivity contribution >= 4 is 23.2 Å². The number of aryl methyl sites for hydroxylation is 1. The van der Waals surface area contributed by atoms with Gasteiger partial charge in [-0.3, -0.25) is 4.79 Å². The molecule has 92 valence electrons. The highest BCUT2D eigenvalue weighted by Gasteiger charge is 2.26. The van der Waals surface area contributed by atoms with Gasteiger partial charge in [-0.25, -0.2) is 0 Å². The average Bonchev–Trinajstić information content (AvgIpc) is 2.28. The zero-order valence-corrected chi connectivity index (χ0v) is 10.8. The highest BCUT2D eigenvalue weighted by molar-refractivity contribution is 6.29. The van der Waals surface area contributed by atoms with Crippen molar-refractivity contribution in [3.8, 4) is 5.75 Å². The number of alkyl halides is 1. The predicted molar refractivity (Wildman–Crippen MR) is 68.8 cm³/mol. The monoisotopic (exact) mass is 253 g/mol. The fourth-order valence-corrected chi connectivity index (χ4v) is 2.00. The minimum Gasteiger partial charge on any atom is -0.488 e. The van der Waals surface area contributed by atoms with Gasteiger partial charge in [-0.15, -0.1) is 11.6 Å². The van der Waals surface area contributed by atoms with E-state index >= 15 is 0 Å². The van der Waals surface area contributed by atoms with Crippen LogP contribution in [-0.4, -0.2) is 17.4 Å². The molecule has 0 radical (unpaired) electrons. The van der Waals surface area contributed by atoms with E-state index in [9.17, 15) is 4.79 Å². The van der Waals surface area contributed by atoms with Gasteiger partial charge in [0.15, 0.2) is 0 Å². The van der Waals surface area contributed by atoms with Crippen LogP contribution < -0.4 is 10.1 Å². The molecule has 0 saturated carbocycles. The average molecular weight is 254 g/mol. The summed E-state index contributed by atoms with van der Waals surface area (Å²) in [4.78, 5) is 11.2. The maximum absolute atomic E-state index is 11.2. The Balaban J connectivity index is 2.18. The third-order valence-electron chi connectivity index (χ3n) is 2.85. The molecule has 0 unspecified atom stereocenters. The molecule has 1 aromatic carbocycles. The van der Waals surface area contributed by atoms with Gasteiger partial charge in [0, 0.05) is 5.69 Å². The molecule has 1 aliphatic rings. The number of hydrogen-bond acceptors (Lipinski definition) is 2. The maximum Gasteiger partial charge on any atom is 0.239 e. The Morgan fingerprint density at radius 1 is 1.53 bits per heavy atom. The lowest BCUT2D eigenvalue weighted by Crippen LogP contribution is -2.32. The van der Waals surface area contributed by atoms with E-state index in [2.05, 4.69) is 19.2 Å². The Hall–Kier alpha value is -1.22. The standard InChI is InChI=1S/C13H16ClNO2/c1-13(2)6-5-9-7-10(15-12(16)8-14)3-4-11(9)17-13/h3-4,7H,5-6,8H2,1-2H3,(H,15,16). The van der Waals surface area contributed by atoms with Gasteiger partial charge in [-0.05, 0) is 50.5 Å². The Kier molecular flexibility index (Phi) is 3.29. The molecule has 1 heterocycles. The summed E-state index contributed by atoms with van der Waals surface area (Å²) < 4.78 is 5.87. The minimum atomic E-state index is -0.191. The zero-order chi connectivity index (χ0) is 12.5. The van der Waals surface area contributed by atoms with Crippen molar-refractivity contribution in [2.45, 2.75) is 32.3 Å². The first-order valence-corrected chi connectivity index (χ1v) is 6.21. The third-order valence-corrected chi connectivity index (χ3v) is 3.09. The van der Waals surface area contributed by atoms with Crippen molar-refractivity contribution in [3.63, 3.8) is 0 Å². The van der Waals surface area contributed by atoms with Crippen LogP contribution in [0.5, 0.6) is 5.75 Å². The van der Waals surface area contributed by atoms with Crippen LogP contribution in [0.3, 0.4) is 0 Å². The lowest BCUT2D eigenvalue weighted by molar-refractivity contribution is -0.113. The number of nitrogens with one attached hydrogen (secondary N) is 1. The van der Waals surface area contributed by atoms with Crippen molar-refractivity contribution in [3.05, 3.63) is 23.8 Å². The molecular weight excluding hydrogens is 238 g/mol. The Bertz CT molecular complexity index is 443. The van der Waals surface area contributed by atoms with Crippen LogP contribution in [0.15, 0.2) is 18.2 Å². The normalized spacial score (nSPS) is 16.9. The summed E-state index contributed by atoms with van der Waals surface area (Å²) >= 11 is 5.45. The van der Waals surface area contributed by atoms with Gasteiger partial charge in [0.2, 0.25) is 5.91 Å². The fraction of sp³-hybridized carbons (Fsp3) is 0.462. The van der Waals surface area contributed by atoms with E-state index in [0.29, 0.717) is 0 Å². The molecule has 3 nitrogen and oxygen atoms in total. The van der Waals surface area contributed by atoms with Gasteiger partial charge in [0.25, 0.3) is 0 Å². The SMILES string of the molecule is CC1(C)CCc2cc(NC(=O)CCl)ccc2O1. The first-order valence-electron chi connectivity index (χ1n) is 5.68. The van der Waals surface area contributed by atoms with Crippen LogP contribution in [0, 0.1) is 0 Å². The molecule has 0 spiro atoms. The van der Waals surface area contributed by atoms with Crippen LogP contribution in [0.4, 0.5) is 5.69 Å². The second-order valence-electron chi connectivity index (χ2n) is 4.87. The number of carbonyl (C=O) groups is 1. The molecule has 2 rings (SSSR count). The highest BCUT2D eigenvalue weighted by Crippen LogP contribution is 2.34. The molecule has 1 aliphatic heterocycles. The summed E-state index contributed by atoms with van der Waals surface area (Å²) in [6.45, 7) is 4.16. The van der Waals surface area contributed by atoms with E-state index < -0.39 is 0 Å². The quantitative estimate of drug-likeness (QED) is 0.823. The molecule has 1 aromatic rings. The van der Waals surface area contributed by atoms with Crippen LogP contribution in [0.25, 0.3) is 0 Å². The van der Waals surface area contributed by atoms with Gasteiger partial charge in [-0.2, -0.15) is 0 Å². The molecule has 1 amide bonds. The van der Waals surface area contributed by atoms with Gasteiger partial charge in [0.05, 0.1) is 0 Å². The lowest BCUT2D eigenvalue weighted by Gasteiger charge is -2.32. The van der Waals surface area contributed by atoms with Gasteiger partial charge < -0.3 is 10.1 Å². The number of benzene rings is 1. The van der Waals surface area contributed by atoms with Gasteiger partial charge in [-0.1, -0.05) is 0 Å². The van der Waals surface area contributed by atoms with E-state index in [4.69, 9.17) is 16.3 Å². The number of anilines is 1. The zero-order valence-electron chi connectivity index (χ0n) is 10.0. The first kappa shape index (κ1) is 12.2. The van der Waals surface area contributed by atoms with Gasteiger partial charge >= 0.3 is 0 Å². The highest BCUT2D eigenvalue weighted by atomic mass is 35.5. The lowest BCUT2D eigenvalue weighted by atomic mass is 9.94. The summed E-state index contributed by atoms with van der Waals surface area (Å²) in [7, 11) is 0. The smallest absolute Gasteiger partial charge is 0.239 e. The van der Waals surface area contributed by atoms with E-state index in [1.165, 1.54) is 0 Å². The van der Waals surface area contributed by atoms with Crippen LogP contribution in [0.1, 0.15) is 25.8 Å². The molecule has 17 heavy (non-hydrogen) atoms. The fourth-order valence-electron chi connectivity index (χ4n) is 1.93. The van der Waals surface area contributed by atoms with Crippen molar-refractivity contribution in [1.29, 1.82) is 0 Å². The summed E-state index contributed by atoms with van der Waals surface area (Å²) in [5.41, 5.74) is 1.81. The maximum atomic E-state index is 11.2. The Morgan fingerprint density at radius 2 is 2.29 bits per heavy atom. The number of ether oxygens (including phenoxy) is 1. The third kappa shape index (κ3) is 2.91.